The third-order valence-corrected chi connectivity index (χ3v) is 3.93. The second kappa shape index (κ2) is 3.59. The zero-order chi connectivity index (χ0) is 11.1. The molecule has 0 amide bonds. The van der Waals surface area contributed by atoms with E-state index in [0.29, 0.717) is 0 Å². The zero-order valence-electron chi connectivity index (χ0n) is 9.29. The standard InChI is InChI=1S/C13H14N2S/c1-8-15-12(13(14)16-8)11-6-5-9-3-2-4-10(9)7-11/h5-7H,2-4,14H2,1H3. The zero-order valence-corrected chi connectivity index (χ0v) is 10.1. The number of benzene rings is 1. The van der Waals surface area contributed by atoms with Crippen molar-refractivity contribution in [3.05, 3.63) is 34.3 Å². The highest BCUT2D eigenvalue weighted by Crippen LogP contribution is 2.33. The summed E-state index contributed by atoms with van der Waals surface area (Å²) in [6.45, 7) is 2.00. The first-order valence-corrected chi connectivity index (χ1v) is 6.41. The lowest BCUT2D eigenvalue weighted by atomic mass is 10.0. The van der Waals surface area contributed by atoms with Gasteiger partial charge in [0.05, 0.1) is 5.01 Å². The van der Waals surface area contributed by atoms with Crippen LogP contribution in [0.1, 0.15) is 22.6 Å². The first kappa shape index (κ1) is 9.85. The minimum atomic E-state index is 0.829. The number of hydrogen-bond acceptors (Lipinski definition) is 3. The van der Waals surface area contributed by atoms with Crippen LogP contribution in [-0.2, 0) is 12.8 Å². The number of anilines is 1. The van der Waals surface area contributed by atoms with Gasteiger partial charge in [0.2, 0.25) is 0 Å². The van der Waals surface area contributed by atoms with E-state index in [1.807, 2.05) is 6.92 Å². The molecule has 0 saturated carbocycles. The van der Waals surface area contributed by atoms with Crippen LogP contribution in [0.15, 0.2) is 18.2 Å². The number of fused-ring (bicyclic) bond motifs is 1. The Morgan fingerprint density at radius 3 is 2.81 bits per heavy atom. The van der Waals surface area contributed by atoms with Gasteiger partial charge in [-0.1, -0.05) is 12.1 Å². The quantitative estimate of drug-likeness (QED) is 0.817. The highest BCUT2D eigenvalue weighted by atomic mass is 32.1. The van der Waals surface area contributed by atoms with Crippen molar-refractivity contribution in [3.63, 3.8) is 0 Å². The molecule has 82 valence electrons. The molecule has 1 aromatic carbocycles. The van der Waals surface area contributed by atoms with E-state index in [9.17, 15) is 0 Å². The van der Waals surface area contributed by atoms with E-state index in [-0.39, 0.29) is 0 Å². The fourth-order valence-electron chi connectivity index (χ4n) is 2.37. The Hall–Kier alpha value is -1.35. The van der Waals surface area contributed by atoms with Gasteiger partial charge in [0.15, 0.2) is 0 Å². The van der Waals surface area contributed by atoms with Crippen molar-refractivity contribution in [1.29, 1.82) is 0 Å². The first-order valence-electron chi connectivity index (χ1n) is 5.59. The summed E-state index contributed by atoms with van der Waals surface area (Å²) in [6, 6.07) is 6.63. The van der Waals surface area contributed by atoms with Crippen molar-refractivity contribution >= 4 is 16.3 Å². The van der Waals surface area contributed by atoms with E-state index in [2.05, 4.69) is 23.2 Å². The third-order valence-electron chi connectivity index (χ3n) is 3.13. The lowest BCUT2D eigenvalue weighted by Crippen LogP contribution is -1.88. The number of aryl methyl sites for hydroxylation is 3. The van der Waals surface area contributed by atoms with E-state index >= 15 is 0 Å². The van der Waals surface area contributed by atoms with Gasteiger partial charge in [0, 0.05) is 5.56 Å². The van der Waals surface area contributed by atoms with Gasteiger partial charge in [-0.05, 0) is 43.4 Å². The molecule has 2 N–H and O–H groups in total. The summed E-state index contributed by atoms with van der Waals surface area (Å²) in [5.41, 5.74) is 11.1. The Morgan fingerprint density at radius 2 is 2.06 bits per heavy atom. The Balaban J connectivity index is 2.10. The van der Waals surface area contributed by atoms with Crippen LogP contribution in [0.4, 0.5) is 5.00 Å². The predicted octanol–water partition coefficient (Wildman–Crippen LogP) is 3.19. The van der Waals surface area contributed by atoms with Crippen LogP contribution in [0, 0.1) is 6.92 Å². The third kappa shape index (κ3) is 1.52. The molecule has 3 heteroatoms. The summed E-state index contributed by atoms with van der Waals surface area (Å²) >= 11 is 1.56. The smallest absolute Gasteiger partial charge is 0.114 e. The van der Waals surface area contributed by atoms with Crippen LogP contribution in [0.5, 0.6) is 0 Å². The van der Waals surface area contributed by atoms with Gasteiger partial charge in [0.25, 0.3) is 0 Å². The van der Waals surface area contributed by atoms with E-state index in [4.69, 9.17) is 5.73 Å². The van der Waals surface area contributed by atoms with Gasteiger partial charge in [0.1, 0.15) is 10.7 Å². The van der Waals surface area contributed by atoms with Crippen molar-refractivity contribution in [2.45, 2.75) is 26.2 Å². The van der Waals surface area contributed by atoms with E-state index in [1.54, 1.807) is 11.3 Å². The van der Waals surface area contributed by atoms with Gasteiger partial charge in [-0.2, -0.15) is 0 Å². The van der Waals surface area contributed by atoms with Crippen LogP contribution in [0.25, 0.3) is 11.3 Å². The molecule has 2 aromatic rings. The molecule has 1 aliphatic carbocycles. The monoisotopic (exact) mass is 230 g/mol. The molecule has 0 aliphatic heterocycles. The molecule has 3 rings (SSSR count). The van der Waals surface area contributed by atoms with E-state index in [1.165, 1.54) is 36.0 Å². The van der Waals surface area contributed by atoms with Crippen molar-refractivity contribution in [3.8, 4) is 11.3 Å². The van der Waals surface area contributed by atoms with Gasteiger partial charge >= 0.3 is 0 Å². The maximum Gasteiger partial charge on any atom is 0.114 e. The first-order chi connectivity index (χ1) is 7.74. The number of nitrogen functional groups attached to an aromatic ring is 1. The molecule has 1 heterocycles. The number of thiazole rings is 1. The molecular weight excluding hydrogens is 216 g/mol. The molecule has 0 saturated heterocycles. The SMILES string of the molecule is Cc1nc(-c2ccc3c(c2)CCC3)c(N)s1. The number of rotatable bonds is 1. The maximum atomic E-state index is 5.97. The molecule has 16 heavy (non-hydrogen) atoms. The van der Waals surface area contributed by atoms with Gasteiger partial charge < -0.3 is 5.73 Å². The van der Waals surface area contributed by atoms with Crippen molar-refractivity contribution in [1.82, 2.24) is 4.98 Å². The summed E-state index contributed by atoms with van der Waals surface area (Å²) in [5, 5.41) is 1.86. The summed E-state index contributed by atoms with van der Waals surface area (Å²) < 4.78 is 0. The van der Waals surface area contributed by atoms with Gasteiger partial charge in [-0.3, -0.25) is 0 Å². The largest absolute Gasteiger partial charge is 0.389 e. The normalized spacial score (nSPS) is 14.1. The Labute approximate surface area is 99.1 Å². The molecule has 0 radical (unpaired) electrons. The van der Waals surface area contributed by atoms with Crippen LogP contribution in [0.2, 0.25) is 0 Å². The minimum Gasteiger partial charge on any atom is -0.389 e. The number of aromatic nitrogens is 1. The van der Waals surface area contributed by atoms with Gasteiger partial charge in [-0.15, -0.1) is 11.3 Å². The molecular formula is C13H14N2S. The average molecular weight is 230 g/mol. The highest BCUT2D eigenvalue weighted by Gasteiger charge is 2.14. The summed E-state index contributed by atoms with van der Waals surface area (Å²) in [7, 11) is 0. The molecule has 0 atom stereocenters. The van der Waals surface area contributed by atoms with Crippen molar-refractivity contribution in [2.75, 3.05) is 5.73 Å². The fourth-order valence-corrected chi connectivity index (χ4v) is 3.08. The van der Waals surface area contributed by atoms with E-state index < -0.39 is 0 Å². The maximum absolute atomic E-state index is 5.97. The van der Waals surface area contributed by atoms with Crippen LogP contribution < -0.4 is 5.73 Å². The highest BCUT2D eigenvalue weighted by molar-refractivity contribution is 7.16. The number of hydrogen-bond donors (Lipinski definition) is 1. The lowest BCUT2D eigenvalue weighted by molar-refractivity contribution is 0.912. The molecule has 1 aromatic heterocycles. The summed E-state index contributed by atoms with van der Waals surface area (Å²) in [4.78, 5) is 4.50. The minimum absolute atomic E-state index is 0.829. The fraction of sp³-hybridized carbons (Fsp3) is 0.308. The molecule has 2 nitrogen and oxygen atoms in total. The Morgan fingerprint density at radius 1 is 1.25 bits per heavy atom. The average Bonchev–Trinajstić information content (AvgIpc) is 2.83. The molecule has 1 aliphatic rings. The lowest BCUT2D eigenvalue weighted by Gasteiger charge is -2.03. The second-order valence-electron chi connectivity index (χ2n) is 4.28. The van der Waals surface area contributed by atoms with Crippen molar-refractivity contribution in [2.24, 2.45) is 0 Å². The summed E-state index contributed by atoms with van der Waals surface area (Å²) in [5.74, 6) is 0. The van der Waals surface area contributed by atoms with E-state index in [0.717, 1.165) is 15.7 Å². The predicted molar refractivity (Wildman–Crippen MR) is 68.7 cm³/mol. The Bertz CT molecular complexity index is 543. The van der Waals surface area contributed by atoms with Crippen molar-refractivity contribution < 1.29 is 0 Å². The molecule has 0 spiro atoms. The second-order valence-corrected chi connectivity index (χ2v) is 5.52. The topological polar surface area (TPSA) is 38.9 Å². The Kier molecular flexibility index (Phi) is 2.21. The number of nitrogens with zero attached hydrogens (tertiary/aromatic N) is 1. The van der Waals surface area contributed by atoms with Crippen LogP contribution >= 0.6 is 11.3 Å². The van der Waals surface area contributed by atoms with Crippen LogP contribution in [-0.4, -0.2) is 4.98 Å². The number of nitrogens with two attached hydrogens (primary N) is 1. The summed E-state index contributed by atoms with van der Waals surface area (Å²) in [6.07, 6.45) is 3.71. The molecule has 0 bridgehead atoms. The van der Waals surface area contributed by atoms with Gasteiger partial charge in [-0.25, -0.2) is 4.98 Å². The molecule has 0 fully saturated rings. The molecule has 0 unspecified atom stereocenters. The van der Waals surface area contributed by atoms with Crippen LogP contribution in [0.3, 0.4) is 0 Å².